The molecule has 0 aromatic heterocycles. The van der Waals surface area contributed by atoms with Gasteiger partial charge in [0.2, 0.25) is 0 Å². The van der Waals surface area contributed by atoms with Gasteiger partial charge in [-0.1, -0.05) is 12.1 Å². The Morgan fingerprint density at radius 2 is 1.52 bits per heavy atom. The van der Waals surface area contributed by atoms with Crippen molar-refractivity contribution in [3.63, 3.8) is 0 Å². The summed E-state index contributed by atoms with van der Waals surface area (Å²) in [6, 6.07) is 10.3. The number of allylic oxidation sites excluding steroid dienone is 1. The van der Waals surface area contributed by atoms with Crippen LogP contribution in [-0.2, 0) is 9.53 Å². The van der Waals surface area contributed by atoms with Crippen molar-refractivity contribution >= 4 is 17.1 Å². The van der Waals surface area contributed by atoms with Crippen LogP contribution in [0.25, 0.3) is 11.1 Å². The minimum atomic E-state index is -2.98. The number of ether oxygens (including phenoxy) is 4. The minimum Gasteiger partial charge on any atom is -0.497 e. The molecule has 0 fully saturated rings. The first-order valence-corrected chi connectivity index (χ1v) is 8.86. The summed E-state index contributed by atoms with van der Waals surface area (Å²) in [4.78, 5) is 23.2. The average Bonchev–Trinajstić information content (AvgIpc) is 2.78. The predicted molar refractivity (Wildman–Crippen MR) is 108 cm³/mol. The highest BCUT2D eigenvalue weighted by atomic mass is 16.7. The Balaban J connectivity index is 2.32. The van der Waals surface area contributed by atoms with E-state index in [4.69, 9.17) is 18.9 Å². The fourth-order valence-electron chi connectivity index (χ4n) is 3.16. The Hall–Kier alpha value is -4.05. The largest absolute Gasteiger partial charge is 0.497 e. The second-order valence-corrected chi connectivity index (χ2v) is 6.41. The van der Waals surface area contributed by atoms with Gasteiger partial charge in [-0.05, 0) is 35.4 Å². The van der Waals surface area contributed by atoms with Crippen molar-refractivity contribution in [1.82, 2.24) is 0 Å². The molecule has 0 amide bonds. The second kappa shape index (κ2) is 8.36. The lowest BCUT2D eigenvalue weighted by atomic mass is 9.88. The van der Waals surface area contributed by atoms with Gasteiger partial charge in [-0.3, -0.25) is 10.1 Å². The monoisotopic (exact) mass is 429 g/mol. The highest BCUT2D eigenvalue weighted by Gasteiger charge is 2.52. The number of methoxy groups -OCH3 is 3. The van der Waals surface area contributed by atoms with Gasteiger partial charge < -0.3 is 29.2 Å². The summed E-state index contributed by atoms with van der Waals surface area (Å²) in [7, 11) is 4.27. The molecule has 3 rings (SSSR count). The third kappa shape index (κ3) is 3.88. The maximum atomic E-state index is 12.1. The molecule has 10 nitrogen and oxygen atoms in total. The van der Waals surface area contributed by atoms with Crippen molar-refractivity contribution in [1.29, 1.82) is 0 Å². The van der Waals surface area contributed by atoms with E-state index in [0.29, 0.717) is 17.2 Å². The van der Waals surface area contributed by atoms with Crippen molar-refractivity contribution in [2.24, 2.45) is 0 Å². The normalized spacial score (nSPS) is 18.0. The number of nitrogens with zero attached hydrogens (tertiary/aromatic N) is 1. The van der Waals surface area contributed by atoms with Gasteiger partial charge in [-0.25, -0.2) is 4.79 Å². The van der Waals surface area contributed by atoms with E-state index in [1.54, 1.807) is 6.07 Å². The molecule has 0 bridgehead atoms. The van der Waals surface area contributed by atoms with Crippen LogP contribution in [0, 0.1) is 10.1 Å². The summed E-state index contributed by atoms with van der Waals surface area (Å²) in [6.07, 6.45) is 0.841. The van der Waals surface area contributed by atoms with Crippen LogP contribution >= 0.6 is 0 Å². The molecule has 162 valence electrons. The molecule has 2 aromatic rings. The number of hydrogen-bond acceptors (Lipinski definition) is 8. The van der Waals surface area contributed by atoms with Gasteiger partial charge in [0.05, 0.1) is 31.8 Å². The number of aliphatic hydroxyl groups is 1. The van der Waals surface area contributed by atoms with Crippen LogP contribution in [0.2, 0.25) is 0 Å². The van der Waals surface area contributed by atoms with Gasteiger partial charge in [-0.2, -0.15) is 0 Å². The topological polar surface area (TPSA) is 138 Å². The number of carbonyl (C=O) groups is 1. The molecule has 1 heterocycles. The Bertz CT molecular complexity index is 1070. The zero-order chi connectivity index (χ0) is 22.8. The highest BCUT2D eigenvalue weighted by molar-refractivity contribution is 6.00. The number of nitro groups is 1. The Morgan fingerprint density at radius 3 is 1.97 bits per heavy atom. The van der Waals surface area contributed by atoms with Crippen LogP contribution in [-0.4, -0.2) is 48.2 Å². The first kappa shape index (κ1) is 21.7. The van der Waals surface area contributed by atoms with E-state index >= 15 is 0 Å². The maximum absolute atomic E-state index is 12.1. The van der Waals surface area contributed by atoms with Gasteiger partial charge in [0.15, 0.2) is 0 Å². The standard InChI is InChI=1S/C21H19NO9/c1-28-14-6-4-12(5-7-14)18-19(22(26)27)17(11-31-21(18,25)20(23)24)13-8-15(29-2)10-16(9-13)30-3/h4-11,25H,1-3H3,(H,23,24). The first-order chi connectivity index (χ1) is 14.7. The Morgan fingerprint density at radius 1 is 0.968 bits per heavy atom. The average molecular weight is 429 g/mol. The number of aliphatic carboxylic acids is 1. The van der Waals surface area contributed by atoms with Crippen LogP contribution in [0.5, 0.6) is 17.2 Å². The summed E-state index contributed by atoms with van der Waals surface area (Å²) in [5, 5.41) is 32.5. The van der Waals surface area contributed by atoms with Crippen LogP contribution in [0.1, 0.15) is 11.1 Å². The Labute approximate surface area is 176 Å². The quantitative estimate of drug-likeness (QED) is 0.502. The molecular formula is C21H19NO9. The SMILES string of the molecule is COc1ccc(C2=C([N+](=O)[O-])C(c3cc(OC)cc(OC)c3)=COC2(O)C(=O)O)cc1. The number of carboxylic acid groups (broad SMARTS) is 1. The van der Waals surface area contributed by atoms with Gasteiger partial charge in [0, 0.05) is 6.07 Å². The molecule has 0 saturated carbocycles. The number of benzene rings is 2. The van der Waals surface area contributed by atoms with Gasteiger partial charge in [0.25, 0.3) is 5.70 Å². The molecule has 0 saturated heterocycles. The molecule has 31 heavy (non-hydrogen) atoms. The fourth-order valence-corrected chi connectivity index (χ4v) is 3.16. The first-order valence-electron chi connectivity index (χ1n) is 8.86. The van der Waals surface area contributed by atoms with E-state index in [1.807, 2.05) is 0 Å². The lowest BCUT2D eigenvalue weighted by Gasteiger charge is -2.29. The minimum absolute atomic E-state index is 0.0675. The van der Waals surface area contributed by atoms with Crippen molar-refractivity contribution in [2.75, 3.05) is 21.3 Å². The molecule has 1 unspecified atom stereocenters. The van der Waals surface area contributed by atoms with E-state index in [0.717, 1.165) is 6.26 Å². The van der Waals surface area contributed by atoms with E-state index in [1.165, 1.54) is 57.7 Å². The second-order valence-electron chi connectivity index (χ2n) is 6.41. The third-order valence-electron chi connectivity index (χ3n) is 4.69. The van der Waals surface area contributed by atoms with Gasteiger partial charge >= 0.3 is 11.8 Å². The predicted octanol–water partition coefficient (Wildman–Crippen LogP) is 2.54. The molecule has 1 atom stereocenters. The molecule has 2 aromatic carbocycles. The van der Waals surface area contributed by atoms with Crippen molar-refractivity contribution in [3.8, 4) is 17.2 Å². The lowest BCUT2D eigenvalue weighted by Crippen LogP contribution is -2.44. The molecule has 1 aliphatic heterocycles. The Kier molecular flexibility index (Phi) is 5.84. The zero-order valence-electron chi connectivity index (χ0n) is 16.8. The van der Waals surface area contributed by atoms with Crippen LogP contribution in [0.3, 0.4) is 0 Å². The maximum Gasteiger partial charge on any atom is 0.382 e. The van der Waals surface area contributed by atoms with E-state index < -0.39 is 27.9 Å². The molecular weight excluding hydrogens is 410 g/mol. The summed E-state index contributed by atoms with van der Waals surface area (Å²) in [5.74, 6) is -3.65. The number of hydrogen-bond donors (Lipinski definition) is 2. The summed E-state index contributed by atoms with van der Waals surface area (Å²) < 4.78 is 20.7. The number of carboxylic acids is 1. The van der Waals surface area contributed by atoms with Crippen molar-refractivity contribution in [3.05, 3.63) is 75.7 Å². The summed E-state index contributed by atoms with van der Waals surface area (Å²) >= 11 is 0. The molecule has 10 heteroatoms. The van der Waals surface area contributed by atoms with Crippen LogP contribution in [0.15, 0.2) is 54.4 Å². The third-order valence-corrected chi connectivity index (χ3v) is 4.69. The van der Waals surface area contributed by atoms with Crippen molar-refractivity contribution in [2.45, 2.75) is 5.79 Å². The van der Waals surface area contributed by atoms with E-state index in [9.17, 15) is 25.1 Å². The lowest BCUT2D eigenvalue weighted by molar-refractivity contribution is -0.417. The smallest absolute Gasteiger partial charge is 0.382 e. The molecule has 0 radical (unpaired) electrons. The molecule has 1 aliphatic rings. The van der Waals surface area contributed by atoms with Crippen LogP contribution in [0.4, 0.5) is 0 Å². The van der Waals surface area contributed by atoms with E-state index in [2.05, 4.69) is 0 Å². The highest BCUT2D eigenvalue weighted by Crippen LogP contribution is 2.43. The summed E-state index contributed by atoms with van der Waals surface area (Å²) in [5.41, 5.74) is -0.915. The number of rotatable bonds is 7. The summed E-state index contributed by atoms with van der Waals surface area (Å²) in [6.45, 7) is 0. The zero-order valence-corrected chi connectivity index (χ0v) is 16.8. The van der Waals surface area contributed by atoms with Gasteiger partial charge in [0.1, 0.15) is 29.1 Å². The van der Waals surface area contributed by atoms with Crippen LogP contribution < -0.4 is 14.2 Å². The molecule has 0 spiro atoms. The van der Waals surface area contributed by atoms with E-state index in [-0.39, 0.29) is 16.7 Å². The van der Waals surface area contributed by atoms with Gasteiger partial charge in [-0.15, -0.1) is 0 Å². The fraction of sp³-hybridized carbons (Fsp3) is 0.190. The molecule has 2 N–H and O–H groups in total. The van der Waals surface area contributed by atoms with Crippen molar-refractivity contribution < 1.29 is 38.9 Å². The molecule has 0 aliphatic carbocycles.